The van der Waals surface area contributed by atoms with E-state index in [1.165, 1.54) is 14.0 Å². The largest absolute Gasteiger partial charge is 0.468 e. The van der Waals surface area contributed by atoms with E-state index >= 15 is 0 Å². The average molecular weight is 624 g/mol. The normalized spacial score (nSPS) is 26.8. The lowest BCUT2D eigenvalue weighted by atomic mass is 9.59. The molecule has 13 nitrogen and oxygen atoms in total. The van der Waals surface area contributed by atoms with E-state index in [1.54, 1.807) is 6.92 Å². The van der Waals surface area contributed by atoms with Gasteiger partial charge in [-0.05, 0) is 31.7 Å². The summed E-state index contributed by atoms with van der Waals surface area (Å²) in [5.41, 5.74) is -0.0777. The Labute approximate surface area is 262 Å². The number of ether oxygens (including phenoxy) is 2. The second-order valence-corrected chi connectivity index (χ2v) is 12.0. The van der Waals surface area contributed by atoms with E-state index in [2.05, 4.69) is 15.5 Å². The molecule has 1 aromatic carbocycles. The maximum atomic E-state index is 14.4. The number of carbonyl (C=O) groups excluding carboxylic acids is 6. The Morgan fingerprint density at radius 3 is 2.42 bits per heavy atom. The van der Waals surface area contributed by atoms with Gasteiger partial charge in [0, 0.05) is 44.2 Å². The maximum Gasteiger partial charge on any atom is 0.325 e. The van der Waals surface area contributed by atoms with Crippen LogP contribution in [-0.2, 0) is 40.0 Å². The summed E-state index contributed by atoms with van der Waals surface area (Å²) < 4.78 is 10.1. The second-order valence-electron chi connectivity index (χ2n) is 12.0. The van der Waals surface area contributed by atoms with Crippen molar-refractivity contribution < 1.29 is 38.2 Å². The van der Waals surface area contributed by atoms with E-state index < -0.39 is 65.5 Å². The molecule has 45 heavy (non-hydrogen) atoms. The number of imide groups is 2. The summed E-state index contributed by atoms with van der Waals surface area (Å²) in [7, 11) is 1.17. The van der Waals surface area contributed by atoms with Gasteiger partial charge in [0.1, 0.15) is 12.1 Å². The SMILES string of the molecule is CCC1=C2CC[C@H]3C(=O)N(CC(=O)OC)C(=O)[C@H]3[C@H]2[C@@](C)(C(=O)NCc2ccccc2)N(C(=O)NCCN2CCOCC2)C1=O. The molecule has 4 atom stereocenters. The number of benzene rings is 1. The van der Waals surface area contributed by atoms with Crippen LogP contribution in [0.1, 0.15) is 38.7 Å². The van der Waals surface area contributed by atoms with Crippen molar-refractivity contribution in [2.24, 2.45) is 17.8 Å². The number of fused-ring (bicyclic) bond motifs is 3. The molecular weight excluding hydrogens is 582 g/mol. The van der Waals surface area contributed by atoms with E-state index in [1.807, 2.05) is 30.3 Å². The van der Waals surface area contributed by atoms with Crippen molar-refractivity contribution in [3.8, 4) is 0 Å². The summed E-state index contributed by atoms with van der Waals surface area (Å²) in [4.78, 5) is 86.2. The third-order valence-electron chi connectivity index (χ3n) is 9.58. The quantitative estimate of drug-likeness (QED) is 0.301. The molecule has 0 bridgehead atoms. The molecule has 1 aliphatic carbocycles. The minimum Gasteiger partial charge on any atom is -0.468 e. The maximum absolute atomic E-state index is 14.4. The van der Waals surface area contributed by atoms with E-state index in [-0.39, 0.29) is 25.9 Å². The number of hydrogen-bond donors (Lipinski definition) is 2. The van der Waals surface area contributed by atoms with Crippen LogP contribution in [0, 0.1) is 17.8 Å². The first-order chi connectivity index (χ1) is 21.6. The number of urea groups is 1. The molecule has 0 aromatic heterocycles. The fourth-order valence-corrected chi connectivity index (χ4v) is 7.28. The first kappa shape index (κ1) is 32.3. The first-order valence-corrected chi connectivity index (χ1v) is 15.5. The number of morpholine rings is 1. The second kappa shape index (κ2) is 13.5. The van der Waals surface area contributed by atoms with Gasteiger partial charge in [-0.1, -0.05) is 42.8 Å². The Morgan fingerprint density at radius 2 is 1.76 bits per heavy atom. The number of hydrogen-bond acceptors (Lipinski definition) is 9. The molecule has 13 heteroatoms. The lowest BCUT2D eigenvalue weighted by Crippen LogP contribution is -2.71. The molecule has 3 fully saturated rings. The van der Waals surface area contributed by atoms with E-state index in [0.717, 1.165) is 15.4 Å². The van der Waals surface area contributed by atoms with Gasteiger partial charge < -0.3 is 20.1 Å². The van der Waals surface area contributed by atoms with E-state index in [4.69, 9.17) is 9.47 Å². The van der Waals surface area contributed by atoms with Crippen molar-refractivity contribution in [3.05, 3.63) is 47.0 Å². The Bertz CT molecular complexity index is 1390. The molecule has 0 unspecified atom stereocenters. The van der Waals surface area contributed by atoms with Crippen molar-refractivity contribution in [1.82, 2.24) is 25.3 Å². The van der Waals surface area contributed by atoms with Gasteiger partial charge in [-0.3, -0.25) is 33.8 Å². The lowest BCUT2D eigenvalue weighted by molar-refractivity contribution is -0.152. The molecule has 0 radical (unpaired) electrons. The molecule has 0 spiro atoms. The van der Waals surface area contributed by atoms with Gasteiger partial charge in [0.15, 0.2) is 0 Å². The van der Waals surface area contributed by atoms with Gasteiger partial charge in [-0.2, -0.15) is 0 Å². The Balaban J connectivity index is 1.53. The standard InChI is InChI=1S/C32H41N5O8/c1-4-21-22-10-11-23-25(29(41)36(27(23)39)19-24(38)44-3)26(22)32(2,30(42)34-18-20-8-6-5-7-9-20)37(28(21)40)31(43)33-12-13-35-14-16-45-17-15-35/h5-9,23,25-26H,4,10-19H2,1-3H3,(H,33,43)(H,34,42)/t23-,25-,26+,32+/m1/s1. The van der Waals surface area contributed by atoms with Crippen molar-refractivity contribution >= 4 is 35.6 Å². The molecule has 5 rings (SSSR count). The molecule has 4 aliphatic rings. The molecule has 6 amide bonds. The van der Waals surface area contributed by atoms with Gasteiger partial charge in [-0.15, -0.1) is 0 Å². The zero-order valence-corrected chi connectivity index (χ0v) is 26.0. The fourth-order valence-electron chi connectivity index (χ4n) is 7.28. The highest BCUT2D eigenvalue weighted by Gasteiger charge is 2.65. The summed E-state index contributed by atoms with van der Waals surface area (Å²) in [6.07, 6.45) is 0.859. The summed E-state index contributed by atoms with van der Waals surface area (Å²) >= 11 is 0. The van der Waals surface area contributed by atoms with Crippen LogP contribution in [0.4, 0.5) is 4.79 Å². The lowest BCUT2D eigenvalue weighted by Gasteiger charge is -2.52. The number of likely N-dealkylation sites (tertiary alicyclic amines) is 1. The Hall–Kier alpha value is -4.10. The molecular formula is C32H41N5O8. The third-order valence-corrected chi connectivity index (χ3v) is 9.58. The summed E-state index contributed by atoms with van der Waals surface area (Å²) in [6, 6.07) is 8.45. The predicted octanol–water partition coefficient (Wildman–Crippen LogP) is 0.836. The zero-order chi connectivity index (χ0) is 32.3. The number of nitrogens with one attached hydrogen (secondary N) is 2. The van der Waals surface area contributed by atoms with Crippen LogP contribution < -0.4 is 10.6 Å². The van der Waals surface area contributed by atoms with E-state index in [0.29, 0.717) is 50.4 Å². The third kappa shape index (κ3) is 5.98. The highest BCUT2D eigenvalue weighted by atomic mass is 16.5. The summed E-state index contributed by atoms with van der Waals surface area (Å²) in [5.74, 6) is -5.91. The topological polar surface area (TPSA) is 155 Å². The summed E-state index contributed by atoms with van der Waals surface area (Å²) in [6.45, 7) is 6.25. The average Bonchev–Trinajstić information content (AvgIpc) is 3.29. The van der Waals surface area contributed by atoms with Crippen LogP contribution in [0.2, 0.25) is 0 Å². The minimum absolute atomic E-state index is 0.123. The number of amides is 6. The van der Waals surface area contributed by atoms with Crippen LogP contribution >= 0.6 is 0 Å². The molecule has 1 aromatic rings. The van der Waals surface area contributed by atoms with Gasteiger partial charge in [0.25, 0.3) is 5.91 Å². The number of rotatable bonds is 9. The highest BCUT2D eigenvalue weighted by Crippen LogP contribution is 2.54. The predicted molar refractivity (Wildman–Crippen MR) is 160 cm³/mol. The molecule has 3 aliphatic heterocycles. The summed E-state index contributed by atoms with van der Waals surface area (Å²) in [5, 5.41) is 5.74. The van der Waals surface area contributed by atoms with Crippen LogP contribution in [0.5, 0.6) is 0 Å². The van der Waals surface area contributed by atoms with Crippen LogP contribution in [0.3, 0.4) is 0 Å². The van der Waals surface area contributed by atoms with Crippen LogP contribution in [-0.4, -0.2) is 109 Å². The molecule has 3 heterocycles. The van der Waals surface area contributed by atoms with Crippen LogP contribution in [0.25, 0.3) is 0 Å². The fraction of sp³-hybridized carbons (Fsp3) is 0.562. The molecule has 242 valence electrons. The smallest absolute Gasteiger partial charge is 0.325 e. The van der Waals surface area contributed by atoms with Crippen molar-refractivity contribution in [2.45, 2.75) is 45.2 Å². The molecule has 2 saturated heterocycles. The van der Waals surface area contributed by atoms with Crippen molar-refractivity contribution in [3.63, 3.8) is 0 Å². The van der Waals surface area contributed by atoms with Crippen LogP contribution in [0.15, 0.2) is 41.5 Å². The van der Waals surface area contributed by atoms with Gasteiger partial charge in [0.05, 0.1) is 32.2 Å². The minimum atomic E-state index is -1.86. The van der Waals surface area contributed by atoms with Gasteiger partial charge >= 0.3 is 12.0 Å². The molecule has 1 saturated carbocycles. The molecule has 2 N–H and O–H groups in total. The number of carbonyl (C=O) groups is 6. The number of nitrogens with zero attached hydrogens (tertiary/aromatic N) is 3. The Kier molecular flexibility index (Phi) is 9.68. The van der Waals surface area contributed by atoms with Crippen molar-refractivity contribution in [1.29, 1.82) is 0 Å². The van der Waals surface area contributed by atoms with Crippen molar-refractivity contribution in [2.75, 3.05) is 53.0 Å². The number of methoxy groups -OCH3 is 1. The number of esters is 1. The highest BCUT2D eigenvalue weighted by molar-refractivity contribution is 6.13. The zero-order valence-electron chi connectivity index (χ0n) is 26.0. The first-order valence-electron chi connectivity index (χ1n) is 15.5. The Morgan fingerprint density at radius 1 is 1.04 bits per heavy atom. The monoisotopic (exact) mass is 623 g/mol. The van der Waals surface area contributed by atoms with E-state index in [9.17, 15) is 28.8 Å². The van der Waals surface area contributed by atoms with Gasteiger partial charge in [0.2, 0.25) is 17.7 Å². The van der Waals surface area contributed by atoms with Gasteiger partial charge in [-0.25, -0.2) is 9.69 Å².